The lowest BCUT2D eigenvalue weighted by molar-refractivity contribution is -0.0616. The fraction of sp³-hybridized carbons (Fsp3) is 1.00. The van der Waals surface area contributed by atoms with Crippen LogP contribution in [0.2, 0.25) is 0 Å². The average Bonchev–Trinajstić information content (AvgIpc) is 2.42. The molecule has 0 aromatic heterocycles. The van der Waals surface area contributed by atoms with Gasteiger partial charge in [0.25, 0.3) is 0 Å². The van der Waals surface area contributed by atoms with E-state index < -0.39 is 0 Å². The molecule has 0 amide bonds. The van der Waals surface area contributed by atoms with Crippen molar-refractivity contribution in [2.24, 2.45) is 11.3 Å². The first-order valence-electron chi connectivity index (χ1n) is 7.23. The zero-order valence-electron chi connectivity index (χ0n) is 11.5. The Morgan fingerprint density at radius 2 is 2.00 bits per heavy atom. The van der Waals surface area contributed by atoms with E-state index in [0.717, 1.165) is 38.5 Å². The molecule has 2 rings (SSSR count). The number of ether oxygens (including phenoxy) is 1. The summed E-state index contributed by atoms with van der Waals surface area (Å²) in [7, 11) is 0. The molecule has 18 heavy (non-hydrogen) atoms. The number of morpholine rings is 1. The van der Waals surface area contributed by atoms with Gasteiger partial charge in [0.2, 0.25) is 0 Å². The number of rotatable bonds is 4. The van der Waals surface area contributed by atoms with Crippen LogP contribution < -0.4 is 0 Å². The summed E-state index contributed by atoms with van der Waals surface area (Å²) in [6.07, 6.45) is 4.66. The fourth-order valence-corrected chi connectivity index (χ4v) is 3.24. The van der Waals surface area contributed by atoms with Gasteiger partial charge in [0.05, 0.1) is 25.9 Å². The largest absolute Gasteiger partial charge is 0.396 e. The summed E-state index contributed by atoms with van der Waals surface area (Å²) in [6.45, 7) is 5.87. The quantitative estimate of drug-likeness (QED) is 0.784. The van der Waals surface area contributed by atoms with E-state index >= 15 is 0 Å². The molecule has 0 bridgehead atoms. The van der Waals surface area contributed by atoms with E-state index in [0.29, 0.717) is 6.61 Å². The van der Waals surface area contributed by atoms with Gasteiger partial charge in [-0.1, -0.05) is 19.8 Å². The van der Waals surface area contributed by atoms with Crippen LogP contribution in [0.1, 0.15) is 32.6 Å². The molecule has 106 valence electrons. The number of nitrogens with zero attached hydrogens (tertiary/aromatic N) is 1. The monoisotopic (exact) mass is 257 g/mol. The van der Waals surface area contributed by atoms with Crippen LogP contribution in [-0.2, 0) is 4.74 Å². The van der Waals surface area contributed by atoms with E-state index in [1.165, 1.54) is 12.8 Å². The molecular weight excluding hydrogens is 230 g/mol. The molecule has 2 N–H and O–H groups in total. The van der Waals surface area contributed by atoms with Crippen LogP contribution in [0.4, 0.5) is 0 Å². The summed E-state index contributed by atoms with van der Waals surface area (Å²) in [5.74, 6) is 0.794. The summed E-state index contributed by atoms with van der Waals surface area (Å²) in [5, 5.41) is 19.2. The van der Waals surface area contributed by atoms with Gasteiger partial charge in [0, 0.05) is 25.1 Å². The van der Waals surface area contributed by atoms with E-state index in [2.05, 4.69) is 11.8 Å². The van der Waals surface area contributed by atoms with Crippen molar-refractivity contribution in [3.63, 3.8) is 0 Å². The Kier molecular flexibility index (Phi) is 5.01. The highest BCUT2D eigenvalue weighted by Crippen LogP contribution is 2.39. The Morgan fingerprint density at radius 1 is 1.28 bits per heavy atom. The topological polar surface area (TPSA) is 52.9 Å². The maximum absolute atomic E-state index is 9.80. The van der Waals surface area contributed by atoms with E-state index in [1.807, 2.05) is 0 Å². The van der Waals surface area contributed by atoms with Gasteiger partial charge in [-0.3, -0.25) is 4.90 Å². The van der Waals surface area contributed by atoms with Gasteiger partial charge in [-0.25, -0.2) is 0 Å². The van der Waals surface area contributed by atoms with Crippen LogP contribution >= 0.6 is 0 Å². The lowest BCUT2D eigenvalue weighted by Gasteiger charge is -2.45. The second kappa shape index (κ2) is 6.33. The summed E-state index contributed by atoms with van der Waals surface area (Å²) in [6, 6.07) is 0.113. The minimum absolute atomic E-state index is 0.0528. The lowest BCUT2D eigenvalue weighted by Crippen LogP contribution is -2.53. The Morgan fingerprint density at radius 3 is 2.61 bits per heavy atom. The first kappa shape index (κ1) is 14.3. The van der Waals surface area contributed by atoms with Crippen molar-refractivity contribution < 1.29 is 14.9 Å². The van der Waals surface area contributed by atoms with Crippen molar-refractivity contribution in [1.82, 2.24) is 4.90 Å². The van der Waals surface area contributed by atoms with Gasteiger partial charge >= 0.3 is 0 Å². The third-order valence-corrected chi connectivity index (χ3v) is 4.77. The normalized spacial score (nSPS) is 38.8. The van der Waals surface area contributed by atoms with Crippen molar-refractivity contribution in [2.45, 2.75) is 38.6 Å². The SMILES string of the molecule is CC1CCC(CO)(CN2CCOCC2CO)CC1. The Labute approximate surface area is 110 Å². The van der Waals surface area contributed by atoms with E-state index in [9.17, 15) is 10.2 Å². The first-order chi connectivity index (χ1) is 8.69. The van der Waals surface area contributed by atoms with Crippen LogP contribution in [0, 0.1) is 11.3 Å². The predicted molar refractivity (Wildman–Crippen MR) is 70.4 cm³/mol. The molecule has 0 spiro atoms. The molecule has 1 unspecified atom stereocenters. The number of hydrogen-bond acceptors (Lipinski definition) is 4. The van der Waals surface area contributed by atoms with Crippen LogP contribution in [0.5, 0.6) is 0 Å². The maximum atomic E-state index is 9.80. The number of hydrogen-bond donors (Lipinski definition) is 2. The zero-order chi connectivity index (χ0) is 13.0. The molecular formula is C14H27NO3. The Bertz CT molecular complexity index is 251. The van der Waals surface area contributed by atoms with Crippen LogP contribution in [0.15, 0.2) is 0 Å². The van der Waals surface area contributed by atoms with Crippen LogP contribution in [0.25, 0.3) is 0 Å². The highest BCUT2D eigenvalue weighted by molar-refractivity contribution is 4.89. The lowest BCUT2D eigenvalue weighted by atomic mass is 9.71. The molecule has 0 aromatic carbocycles. The molecule has 1 saturated carbocycles. The molecule has 1 aliphatic heterocycles. The molecule has 4 heteroatoms. The Hall–Kier alpha value is -0.160. The minimum atomic E-state index is 0.0528. The highest BCUT2D eigenvalue weighted by atomic mass is 16.5. The molecule has 0 aromatic rings. The van der Waals surface area contributed by atoms with Gasteiger partial charge in [0.15, 0.2) is 0 Å². The van der Waals surface area contributed by atoms with Gasteiger partial charge in [-0.2, -0.15) is 0 Å². The molecule has 1 atom stereocenters. The van der Waals surface area contributed by atoms with Gasteiger partial charge < -0.3 is 14.9 Å². The highest BCUT2D eigenvalue weighted by Gasteiger charge is 2.37. The summed E-state index contributed by atoms with van der Waals surface area (Å²) >= 11 is 0. The minimum Gasteiger partial charge on any atom is -0.396 e. The fourth-order valence-electron chi connectivity index (χ4n) is 3.24. The van der Waals surface area contributed by atoms with E-state index in [1.54, 1.807) is 0 Å². The first-order valence-corrected chi connectivity index (χ1v) is 7.23. The molecule has 4 nitrogen and oxygen atoms in total. The van der Waals surface area contributed by atoms with E-state index in [4.69, 9.17) is 4.74 Å². The van der Waals surface area contributed by atoms with Gasteiger partial charge in [-0.15, -0.1) is 0 Å². The summed E-state index contributed by atoms with van der Waals surface area (Å²) in [4.78, 5) is 2.32. The maximum Gasteiger partial charge on any atom is 0.0644 e. The second-order valence-corrected chi connectivity index (χ2v) is 6.22. The standard InChI is InChI=1S/C14H27NO3/c1-12-2-4-14(11-17,5-3-12)10-15-6-7-18-9-13(15)8-16/h12-13,16-17H,2-11H2,1H3. The van der Waals surface area contributed by atoms with Crippen LogP contribution in [-0.4, -0.2) is 60.7 Å². The number of aliphatic hydroxyl groups excluding tert-OH is 2. The second-order valence-electron chi connectivity index (χ2n) is 6.22. The van der Waals surface area contributed by atoms with E-state index in [-0.39, 0.29) is 24.7 Å². The average molecular weight is 257 g/mol. The third kappa shape index (κ3) is 3.23. The third-order valence-electron chi connectivity index (χ3n) is 4.77. The molecule has 2 fully saturated rings. The van der Waals surface area contributed by atoms with Crippen LogP contribution in [0.3, 0.4) is 0 Å². The molecule has 1 saturated heterocycles. The zero-order valence-corrected chi connectivity index (χ0v) is 11.5. The molecule has 0 radical (unpaired) electrons. The van der Waals surface area contributed by atoms with Crippen molar-refractivity contribution in [3.05, 3.63) is 0 Å². The summed E-state index contributed by atoms with van der Waals surface area (Å²) < 4.78 is 5.41. The van der Waals surface area contributed by atoms with Crippen molar-refractivity contribution >= 4 is 0 Å². The van der Waals surface area contributed by atoms with Gasteiger partial charge in [0.1, 0.15) is 0 Å². The Balaban J connectivity index is 1.96. The van der Waals surface area contributed by atoms with Crippen molar-refractivity contribution in [1.29, 1.82) is 0 Å². The smallest absolute Gasteiger partial charge is 0.0644 e. The van der Waals surface area contributed by atoms with Gasteiger partial charge in [-0.05, 0) is 18.8 Å². The van der Waals surface area contributed by atoms with Crippen molar-refractivity contribution in [3.8, 4) is 0 Å². The molecule has 1 aliphatic carbocycles. The predicted octanol–water partition coefficient (Wildman–Crippen LogP) is 0.868. The number of aliphatic hydroxyl groups is 2. The summed E-state index contributed by atoms with van der Waals surface area (Å²) in [5.41, 5.74) is 0.0528. The van der Waals surface area contributed by atoms with Crippen molar-refractivity contribution in [2.75, 3.05) is 39.5 Å². The molecule has 2 aliphatic rings. The molecule has 1 heterocycles.